The minimum atomic E-state index is -0.155. The molecule has 0 saturated carbocycles. The van der Waals surface area contributed by atoms with Crippen LogP contribution < -0.4 is 15.4 Å². The topological polar surface area (TPSA) is 71.4 Å². The molecule has 40 heavy (non-hydrogen) atoms. The van der Waals surface area contributed by atoms with Crippen LogP contribution in [0.15, 0.2) is 72.9 Å². The number of pyridine rings is 1. The number of nitrogens with one attached hydrogen (secondary N) is 2. The molecule has 8 heteroatoms. The Kier molecular flexibility index (Phi) is 7.89. The average Bonchev–Trinajstić information content (AvgIpc) is 3.43. The highest BCUT2D eigenvalue weighted by Crippen LogP contribution is 2.42. The first-order valence-electron chi connectivity index (χ1n) is 13.5. The predicted molar refractivity (Wildman–Crippen MR) is 163 cm³/mol. The van der Waals surface area contributed by atoms with Gasteiger partial charge in [0.05, 0.1) is 36.3 Å². The zero-order chi connectivity index (χ0) is 28.4. The highest BCUT2D eigenvalue weighted by molar-refractivity contribution is 7.80. The molecule has 1 amide bonds. The van der Waals surface area contributed by atoms with Gasteiger partial charge in [0.15, 0.2) is 5.11 Å². The lowest BCUT2D eigenvalue weighted by Gasteiger charge is -2.28. The molecule has 0 radical (unpaired) electrons. The minimum Gasteiger partial charge on any atom is -0.495 e. The van der Waals surface area contributed by atoms with Crippen molar-refractivity contribution in [2.75, 3.05) is 19.0 Å². The van der Waals surface area contributed by atoms with E-state index in [4.69, 9.17) is 17.0 Å². The summed E-state index contributed by atoms with van der Waals surface area (Å²) in [5.41, 5.74) is 8.67. The molecule has 0 aliphatic carbocycles. The van der Waals surface area contributed by atoms with Crippen molar-refractivity contribution < 1.29 is 9.53 Å². The van der Waals surface area contributed by atoms with Crippen LogP contribution in [0.25, 0.3) is 5.69 Å². The van der Waals surface area contributed by atoms with Crippen molar-refractivity contribution in [2.45, 2.75) is 46.2 Å². The summed E-state index contributed by atoms with van der Waals surface area (Å²) >= 11 is 5.86. The van der Waals surface area contributed by atoms with E-state index >= 15 is 0 Å². The van der Waals surface area contributed by atoms with Gasteiger partial charge < -0.3 is 24.8 Å². The molecule has 2 aromatic heterocycles. The van der Waals surface area contributed by atoms with Crippen LogP contribution in [-0.2, 0) is 4.79 Å². The summed E-state index contributed by atoms with van der Waals surface area (Å²) in [7, 11) is 1.59. The van der Waals surface area contributed by atoms with Crippen LogP contribution in [-0.4, -0.2) is 39.1 Å². The van der Waals surface area contributed by atoms with Gasteiger partial charge in [-0.1, -0.05) is 36.4 Å². The number of hydrogen-bond donors (Lipinski definition) is 2. The standard InChI is InChI=1S/C32H35N5O2S/c1-20-11-10-12-21(2)30(20)37-22(3)19-24(23(37)4)31-29(26-14-8-9-17-33-26)35-32(40)36(31)18-16-28(38)34-25-13-6-7-15-27(25)39-5/h6-15,17,19,29,31H,16,18H2,1-5H3,(H,34,38)(H,35,40)/t29-,31-/m0/s1. The molecule has 206 valence electrons. The summed E-state index contributed by atoms with van der Waals surface area (Å²) in [5.74, 6) is 0.523. The van der Waals surface area contributed by atoms with Crippen LogP contribution in [0.4, 0.5) is 5.69 Å². The van der Waals surface area contributed by atoms with E-state index in [9.17, 15) is 4.79 Å². The number of nitrogens with zero attached hydrogens (tertiary/aromatic N) is 3. The fraction of sp³-hybridized carbons (Fsp3) is 0.281. The number of rotatable bonds is 8. The normalized spacial score (nSPS) is 16.6. The number of carbonyl (C=O) groups excluding carboxylic acids is 1. The Labute approximate surface area is 241 Å². The van der Waals surface area contributed by atoms with E-state index in [2.05, 4.69) is 77.0 Å². The third-order valence-electron chi connectivity index (χ3n) is 7.61. The lowest BCUT2D eigenvalue weighted by Crippen LogP contribution is -2.33. The number of amides is 1. The van der Waals surface area contributed by atoms with Crippen molar-refractivity contribution in [1.29, 1.82) is 0 Å². The van der Waals surface area contributed by atoms with Gasteiger partial charge in [-0.25, -0.2) is 0 Å². The van der Waals surface area contributed by atoms with Gasteiger partial charge in [0, 0.05) is 30.6 Å². The zero-order valence-electron chi connectivity index (χ0n) is 23.6. The summed E-state index contributed by atoms with van der Waals surface area (Å²) < 4.78 is 7.73. The quantitative estimate of drug-likeness (QED) is 0.256. The van der Waals surface area contributed by atoms with Gasteiger partial charge in [-0.2, -0.15) is 0 Å². The smallest absolute Gasteiger partial charge is 0.226 e. The van der Waals surface area contributed by atoms with Crippen LogP contribution in [0, 0.1) is 27.7 Å². The van der Waals surface area contributed by atoms with Gasteiger partial charge in [0.2, 0.25) is 5.91 Å². The maximum Gasteiger partial charge on any atom is 0.226 e. The number of thiocarbonyl (C=S) groups is 1. The fourth-order valence-corrected chi connectivity index (χ4v) is 6.09. The Balaban J connectivity index is 1.49. The third kappa shape index (κ3) is 5.19. The zero-order valence-corrected chi connectivity index (χ0v) is 24.4. The number of para-hydroxylation sites is 3. The molecule has 7 nitrogen and oxygen atoms in total. The van der Waals surface area contributed by atoms with E-state index in [1.165, 1.54) is 16.8 Å². The number of anilines is 1. The first kappa shape index (κ1) is 27.4. The molecule has 2 aromatic carbocycles. The molecular weight excluding hydrogens is 518 g/mol. The van der Waals surface area contributed by atoms with E-state index < -0.39 is 0 Å². The summed E-state index contributed by atoms with van der Waals surface area (Å²) in [6.45, 7) is 9.06. The maximum absolute atomic E-state index is 13.1. The predicted octanol–water partition coefficient (Wildman–Crippen LogP) is 6.12. The second-order valence-electron chi connectivity index (χ2n) is 10.2. The first-order chi connectivity index (χ1) is 19.3. The molecule has 2 atom stereocenters. The van der Waals surface area contributed by atoms with Crippen molar-refractivity contribution in [2.24, 2.45) is 0 Å². The lowest BCUT2D eigenvalue weighted by molar-refractivity contribution is -0.116. The number of carbonyl (C=O) groups is 1. The molecule has 4 aromatic rings. The van der Waals surface area contributed by atoms with Crippen LogP contribution in [0.3, 0.4) is 0 Å². The Hall–Kier alpha value is -4.17. The molecule has 1 fully saturated rings. The SMILES string of the molecule is COc1ccccc1NC(=O)CCN1C(=S)N[C@@H](c2ccccn2)[C@@H]1c1cc(C)n(-c2c(C)cccc2C)c1C. The van der Waals surface area contributed by atoms with Crippen LogP contribution in [0.1, 0.15) is 52.3 Å². The second kappa shape index (κ2) is 11.5. The second-order valence-corrected chi connectivity index (χ2v) is 10.6. The number of methoxy groups -OCH3 is 1. The average molecular weight is 554 g/mol. The van der Waals surface area contributed by atoms with E-state index in [0.29, 0.717) is 23.1 Å². The fourth-order valence-electron chi connectivity index (χ4n) is 5.76. The van der Waals surface area contributed by atoms with E-state index in [1.807, 2.05) is 42.5 Å². The van der Waals surface area contributed by atoms with E-state index in [0.717, 1.165) is 22.6 Å². The Morgan fingerprint density at radius 2 is 1.75 bits per heavy atom. The summed E-state index contributed by atoms with van der Waals surface area (Å²) in [5, 5.41) is 7.11. The van der Waals surface area contributed by atoms with Crippen LogP contribution in [0.5, 0.6) is 5.75 Å². The molecule has 2 N–H and O–H groups in total. The monoisotopic (exact) mass is 553 g/mol. The number of benzene rings is 2. The van der Waals surface area contributed by atoms with Gasteiger partial charge in [0.1, 0.15) is 5.75 Å². The largest absolute Gasteiger partial charge is 0.495 e. The van der Waals surface area contributed by atoms with Crippen molar-refractivity contribution in [3.63, 3.8) is 0 Å². The maximum atomic E-state index is 13.1. The molecule has 1 aliphatic rings. The van der Waals surface area contributed by atoms with Crippen molar-refractivity contribution in [1.82, 2.24) is 19.8 Å². The van der Waals surface area contributed by atoms with E-state index in [1.54, 1.807) is 13.3 Å². The highest BCUT2D eigenvalue weighted by Gasteiger charge is 2.41. The number of aryl methyl sites for hydroxylation is 3. The van der Waals surface area contributed by atoms with Gasteiger partial charge in [-0.15, -0.1) is 0 Å². The van der Waals surface area contributed by atoms with Gasteiger partial charge in [0.25, 0.3) is 0 Å². The first-order valence-corrected chi connectivity index (χ1v) is 13.9. The molecule has 1 saturated heterocycles. The number of ether oxygens (including phenoxy) is 1. The molecule has 3 heterocycles. The lowest BCUT2D eigenvalue weighted by atomic mass is 9.96. The number of aromatic nitrogens is 2. The molecule has 0 unspecified atom stereocenters. The Morgan fingerprint density at radius 1 is 1.02 bits per heavy atom. The van der Waals surface area contributed by atoms with E-state index in [-0.39, 0.29) is 24.4 Å². The molecule has 5 rings (SSSR count). The number of hydrogen-bond acceptors (Lipinski definition) is 4. The van der Waals surface area contributed by atoms with Crippen molar-refractivity contribution in [3.8, 4) is 11.4 Å². The van der Waals surface area contributed by atoms with Crippen molar-refractivity contribution in [3.05, 3.63) is 107 Å². The summed E-state index contributed by atoms with van der Waals surface area (Å²) in [4.78, 5) is 19.9. The van der Waals surface area contributed by atoms with Gasteiger partial charge >= 0.3 is 0 Å². The Morgan fingerprint density at radius 3 is 2.45 bits per heavy atom. The summed E-state index contributed by atoms with van der Waals surface area (Å²) in [6, 6.07) is 21.7. The Bertz CT molecular complexity index is 1530. The summed E-state index contributed by atoms with van der Waals surface area (Å²) in [6.07, 6.45) is 2.07. The van der Waals surface area contributed by atoms with Gasteiger partial charge in [-0.05, 0) is 86.9 Å². The van der Waals surface area contributed by atoms with Crippen LogP contribution >= 0.6 is 12.2 Å². The third-order valence-corrected chi connectivity index (χ3v) is 7.96. The van der Waals surface area contributed by atoms with Gasteiger partial charge in [-0.3, -0.25) is 9.78 Å². The van der Waals surface area contributed by atoms with Crippen molar-refractivity contribution >= 4 is 28.9 Å². The van der Waals surface area contributed by atoms with Crippen LogP contribution in [0.2, 0.25) is 0 Å². The molecule has 0 bridgehead atoms. The highest BCUT2D eigenvalue weighted by atomic mass is 32.1. The molecule has 1 aliphatic heterocycles. The minimum absolute atomic E-state index is 0.103. The molecule has 0 spiro atoms. The molecular formula is C32H35N5O2S.